The van der Waals surface area contributed by atoms with Crippen LogP contribution in [0, 0.1) is 6.92 Å². The first-order valence-electron chi connectivity index (χ1n) is 10.0. The van der Waals surface area contributed by atoms with Crippen LogP contribution in [0.5, 0.6) is 0 Å². The standard InChI is InChI=1S/C22H23N5O3S/c1-14-6-7-15-16(13-14)22(30)27(21(15)29)11-8-19(28)23-17(9-12-31-2)20-25-24-18-5-3-4-10-26(18)20/h3-7,10,13,17H,8-9,11-12H2,1-2H3,(H,23,28). The van der Waals surface area contributed by atoms with Crippen molar-refractivity contribution in [3.8, 4) is 0 Å². The lowest BCUT2D eigenvalue weighted by atomic mass is 10.1. The molecule has 8 nitrogen and oxygen atoms in total. The van der Waals surface area contributed by atoms with Gasteiger partial charge >= 0.3 is 0 Å². The lowest BCUT2D eigenvalue weighted by Gasteiger charge is -2.18. The van der Waals surface area contributed by atoms with Crippen LogP contribution >= 0.6 is 11.8 Å². The summed E-state index contributed by atoms with van der Waals surface area (Å²) in [5.74, 6) is 0.555. The molecule has 0 spiro atoms. The second kappa shape index (κ2) is 8.89. The molecule has 3 aromatic rings. The zero-order valence-electron chi connectivity index (χ0n) is 17.4. The van der Waals surface area contributed by atoms with Crippen LogP contribution in [0.4, 0.5) is 0 Å². The van der Waals surface area contributed by atoms with E-state index < -0.39 is 0 Å². The molecule has 0 saturated carbocycles. The van der Waals surface area contributed by atoms with E-state index in [1.165, 1.54) is 0 Å². The summed E-state index contributed by atoms with van der Waals surface area (Å²) in [7, 11) is 0. The Hall–Kier alpha value is -3.20. The molecule has 1 atom stereocenters. The predicted molar refractivity (Wildman–Crippen MR) is 118 cm³/mol. The number of aryl methyl sites for hydroxylation is 1. The van der Waals surface area contributed by atoms with Crippen LogP contribution in [0.25, 0.3) is 5.65 Å². The van der Waals surface area contributed by atoms with E-state index in [0.717, 1.165) is 16.2 Å². The Morgan fingerprint density at radius 2 is 1.94 bits per heavy atom. The molecule has 1 aliphatic rings. The van der Waals surface area contributed by atoms with Gasteiger partial charge in [0.15, 0.2) is 11.5 Å². The molecule has 3 heterocycles. The van der Waals surface area contributed by atoms with Crippen molar-refractivity contribution in [2.24, 2.45) is 0 Å². The third kappa shape index (κ3) is 4.18. The first kappa shape index (κ1) is 21.0. The maximum absolute atomic E-state index is 12.7. The summed E-state index contributed by atoms with van der Waals surface area (Å²) in [6.07, 6.45) is 4.58. The van der Waals surface area contributed by atoms with E-state index in [1.807, 2.05) is 42.0 Å². The van der Waals surface area contributed by atoms with Gasteiger partial charge in [0.1, 0.15) is 0 Å². The Labute approximate surface area is 184 Å². The van der Waals surface area contributed by atoms with Crippen molar-refractivity contribution in [3.63, 3.8) is 0 Å². The van der Waals surface area contributed by atoms with E-state index in [2.05, 4.69) is 15.5 Å². The summed E-state index contributed by atoms with van der Waals surface area (Å²) >= 11 is 1.68. The number of fused-ring (bicyclic) bond motifs is 2. The van der Waals surface area contributed by atoms with Crippen LogP contribution in [0.3, 0.4) is 0 Å². The predicted octanol–water partition coefficient (Wildman–Crippen LogP) is 2.63. The van der Waals surface area contributed by atoms with Gasteiger partial charge in [-0.3, -0.25) is 23.7 Å². The van der Waals surface area contributed by atoms with E-state index in [4.69, 9.17) is 0 Å². The molecule has 1 aromatic carbocycles. The minimum atomic E-state index is -0.352. The monoisotopic (exact) mass is 437 g/mol. The number of pyridine rings is 1. The van der Waals surface area contributed by atoms with Crippen molar-refractivity contribution in [2.75, 3.05) is 18.6 Å². The minimum Gasteiger partial charge on any atom is -0.346 e. The van der Waals surface area contributed by atoms with Gasteiger partial charge < -0.3 is 5.32 Å². The maximum Gasteiger partial charge on any atom is 0.261 e. The highest BCUT2D eigenvalue weighted by molar-refractivity contribution is 7.98. The molecule has 160 valence electrons. The molecule has 1 N–H and O–H groups in total. The number of hydrogen-bond donors (Lipinski definition) is 1. The summed E-state index contributed by atoms with van der Waals surface area (Å²) in [6, 6.07) is 10.5. The van der Waals surface area contributed by atoms with Crippen molar-refractivity contribution >= 4 is 35.1 Å². The molecular formula is C22H23N5O3S. The second-order valence-electron chi connectivity index (χ2n) is 7.45. The molecule has 2 aromatic heterocycles. The van der Waals surface area contributed by atoms with Gasteiger partial charge in [-0.05, 0) is 49.6 Å². The lowest BCUT2D eigenvalue weighted by molar-refractivity contribution is -0.122. The highest BCUT2D eigenvalue weighted by atomic mass is 32.2. The molecule has 3 amide bonds. The van der Waals surface area contributed by atoms with E-state index in [-0.39, 0.29) is 36.7 Å². The minimum absolute atomic E-state index is 0.0248. The molecule has 4 rings (SSSR count). The van der Waals surface area contributed by atoms with E-state index in [9.17, 15) is 14.4 Å². The first-order valence-corrected chi connectivity index (χ1v) is 11.4. The fourth-order valence-corrected chi connectivity index (χ4v) is 4.16. The summed E-state index contributed by atoms with van der Waals surface area (Å²) in [6.45, 7) is 1.91. The van der Waals surface area contributed by atoms with Gasteiger partial charge in [0, 0.05) is 19.2 Å². The number of imide groups is 1. The number of aromatic nitrogens is 3. The second-order valence-corrected chi connectivity index (χ2v) is 8.44. The molecule has 0 fully saturated rings. The number of hydrogen-bond acceptors (Lipinski definition) is 6. The molecule has 9 heteroatoms. The van der Waals surface area contributed by atoms with Crippen molar-refractivity contribution in [2.45, 2.75) is 25.8 Å². The summed E-state index contributed by atoms with van der Waals surface area (Å²) < 4.78 is 1.86. The molecule has 0 radical (unpaired) electrons. The lowest BCUT2D eigenvalue weighted by Crippen LogP contribution is -2.36. The Kier molecular flexibility index (Phi) is 6.03. The quantitative estimate of drug-likeness (QED) is 0.544. The Bertz CT molecular complexity index is 1160. The van der Waals surface area contributed by atoms with Gasteiger partial charge in [-0.15, -0.1) is 10.2 Å². The van der Waals surface area contributed by atoms with Crippen LogP contribution in [0.2, 0.25) is 0 Å². The van der Waals surface area contributed by atoms with Crippen LogP contribution in [-0.4, -0.2) is 55.8 Å². The number of carbonyl (C=O) groups is 3. The van der Waals surface area contributed by atoms with E-state index in [1.54, 1.807) is 30.0 Å². The Morgan fingerprint density at radius 3 is 2.74 bits per heavy atom. The number of amides is 3. The highest BCUT2D eigenvalue weighted by Crippen LogP contribution is 2.24. The third-order valence-electron chi connectivity index (χ3n) is 5.29. The Morgan fingerprint density at radius 1 is 1.13 bits per heavy atom. The zero-order chi connectivity index (χ0) is 22.0. The zero-order valence-corrected chi connectivity index (χ0v) is 18.2. The van der Waals surface area contributed by atoms with Crippen LogP contribution in [-0.2, 0) is 4.79 Å². The summed E-state index contributed by atoms with van der Waals surface area (Å²) in [5, 5.41) is 11.4. The molecule has 31 heavy (non-hydrogen) atoms. The van der Waals surface area contributed by atoms with Crippen molar-refractivity contribution in [1.29, 1.82) is 0 Å². The fourth-order valence-electron chi connectivity index (χ4n) is 3.69. The van der Waals surface area contributed by atoms with E-state index >= 15 is 0 Å². The molecule has 0 saturated heterocycles. The van der Waals surface area contributed by atoms with Crippen LogP contribution < -0.4 is 5.32 Å². The number of nitrogens with one attached hydrogen (secondary N) is 1. The van der Waals surface area contributed by atoms with Crippen LogP contribution in [0.1, 0.15) is 51.0 Å². The van der Waals surface area contributed by atoms with Crippen molar-refractivity contribution in [3.05, 3.63) is 65.1 Å². The van der Waals surface area contributed by atoms with Gasteiger partial charge in [0.2, 0.25) is 5.91 Å². The number of carbonyl (C=O) groups excluding carboxylic acids is 3. The fraction of sp³-hybridized carbons (Fsp3) is 0.318. The number of thioether (sulfide) groups is 1. The van der Waals surface area contributed by atoms with Gasteiger partial charge in [0.05, 0.1) is 17.2 Å². The third-order valence-corrected chi connectivity index (χ3v) is 5.93. The van der Waals surface area contributed by atoms with Gasteiger partial charge in [0.25, 0.3) is 11.8 Å². The smallest absolute Gasteiger partial charge is 0.261 e. The molecular weight excluding hydrogens is 414 g/mol. The number of rotatable bonds is 8. The average Bonchev–Trinajstić information content (AvgIpc) is 3.29. The molecule has 0 aliphatic carbocycles. The van der Waals surface area contributed by atoms with E-state index in [0.29, 0.717) is 29.0 Å². The maximum atomic E-state index is 12.7. The van der Waals surface area contributed by atoms with Crippen molar-refractivity contribution in [1.82, 2.24) is 24.8 Å². The highest BCUT2D eigenvalue weighted by Gasteiger charge is 2.35. The molecule has 0 bridgehead atoms. The SMILES string of the molecule is CSCCC(NC(=O)CCN1C(=O)c2ccc(C)cc2C1=O)c1nnc2ccccn12. The topological polar surface area (TPSA) is 96.7 Å². The molecule has 1 unspecified atom stereocenters. The van der Waals surface area contributed by atoms with Gasteiger partial charge in [-0.2, -0.15) is 11.8 Å². The largest absolute Gasteiger partial charge is 0.346 e. The molecule has 1 aliphatic heterocycles. The summed E-state index contributed by atoms with van der Waals surface area (Å²) in [5.41, 5.74) is 2.42. The first-order chi connectivity index (χ1) is 15.0. The van der Waals surface area contributed by atoms with Crippen molar-refractivity contribution < 1.29 is 14.4 Å². The van der Waals surface area contributed by atoms with Gasteiger partial charge in [-0.25, -0.2) is 0 Å². The number of benzene rings is 1. The number of nitrogens with zero attached hydrogens (tertiary/aromatic N) is 4. The van der Waals surface area contributed by atoms with Crippen LogP contribution in [0.15, 0.2) is 42.6 Å². The normalized spacial score (nSPS) is 14.2. The summed E-state index contributed by atoms with van der Waals surface area (Å²) in [4.78, 5) is 39.1. The average molecular weight is 438 g/mol. The van der Waals surface area contributed by atoms with Gasteiger partial charge in [-0.1, -0.05) is 17.7 Å². The Balaban J connectivity index is 1.44.